The molecule has 0 saturated heterocycles. The lowest BCUT2D eigenvalue weighted by molar-refractivity contribution is 0.0696. The summed E-state index contributed by atoms with van der Waals surface area (Å²) in [6.45, 7) is 4.05. The molecular formula is C19H19NO2. The highest BCUT2D eigenvalue weighted by atomic mass is 16.4. The van der Waals surface area contributed by atoms with Crippen LogP contribution < -0.4 is 0 Å². The quantitative estimate of drug-likeness (QED) is 0.904. The SMILES string of the molecule is CC(C)C(C#N)(Cc1cccc(C(=O)O)c1)c1ccccc1. The van der Waals surface area contributed by atoms with Gasteiger partial charge in [0.25, 0.3) is 0 Å². The van der Waals surface area contributed by atoms with Crippen LogP contribution in [0.2, 0.25) is 0 Å². The van der Waals surface area contributed by atoms with Gasteiger partial charge in [-0.2, -0.15) is 5.26 Å². The van der Waals surface area contributed by atoms with Gasteiger partial charge < -0.3 is 5.11 Å². The maximum absolute atomic E-state index is 11.1. The van der Waals surface area contributed by atoms with Gasteiger partial charge in [-0.25, -0.2) is 4.79 Å². The van der Waals surface area contributed by atoms with E-state index in [4.69, 9.17) is 5.11 Å². The Morgan fingerprint density at radius 1 is 1.18 bits per heavy atom. The normalized spacial score (nSPS) is 13.4. The van der Waals surface area contributed by atoms with Crippen molar-refractivity contribution in [2.75, 3.05) is 0 Å². The van der Waals surface area contributed by atoms with Crippen molar-refractivity contribution >= 4 is 5.97 Å². The van der Waals surface area contributed by atoms with Crippen LogP contribution in [0.3, 0.4) is 0 Å². The van der Waals surface area contributed by atoms with Crippen molar-refractivity contribution in [3.63, 3.8) is 0 Å². The van der Waals surface area contributed by atoms with Gasteiger partial charge in [0.1, 0.15) is 0 Å². The molecule has 0 fully saturated rings. The zero-order chi connectivity index (χ0) is 16.2. The Balaban J connectivity index is 2.47. The van der Waals surface area contributed by atoms with Crippen LogP contribution in [0.1, 0.15) is 35.3 Å². The van der Waals surface area contributed by atoms with Crippen molar-refractivity contribution in [1.29, 1.82) is 5.26 Å². The number of benzene rings is 2. The van der Waals surface area contributed by atoms with E-state index in [1.165, 1.54) is 0 Å². The number of rotatable bonds is 5. The summed E-state index contributed by atoms with van der Waals surface area (Å²) in [6.07, 6.45) is 0.492. The summed E-state index contributed by atoms with van der Waals surface area (Å²) < 4.78 is 0. The molecule has 0 aliphatic carbocycles. The second-order valence-corrected chi connectivity index (χ2v) is 5.79. The standard InChI is InChI=1S/C19H19NO2/c1-14(2)19(13-20,17-9-4-3-5-10-17)12-15-7-6-8-16(11-15)18(21)22/h3-11,14H,12H2,1-2H3,(H,21,22). The molecule has 0 amide bonds. The first kappa shape index (κ1) is 15.8. The largest absolute Gasteiger partial charge is 0.478 e. The van der Waals surface area contributed by atoms with Crippen LogP contribution in [0.5, 0.6) is 0 Å². The Kier molecular flexibility index (Phi) is 4.62. The molecule has 1 unspecified atom stereocenters. The van der Waals surface area contributed by atoms with Crippen molar-refractivity contribution in [3.05, 3.63) is 71.3 Å². The third-order valence-corrected chi connectivity index (χ3v) is 4.13. The number of carboxylic acid groups (broad SMARTS) is 1. The number of aromatic carboxylic acids is 1. The van der Waals surface area contributed by atoms with Gasteiger partial charge in [0.15, 0.2) is 0 Å². The van der Waals surface area contributed by atoms with Gasteiger partial charge in [0.05, 0.1) is 17.0 Å². The summed E-state index contributed by atoms with van der Waals surface area (Å²) in [6, 6.07) is 19.0. The van der Waals surface area contributed by atoms with Crippen LogP contribution in [-0.2, 0) is 11.8 Å². The van der Waals surface area contributed by atoms with E-state index in [1.54, 1.807) is 18.2 Å². The smallest absolute Gasteiger partial charge is 0.335 e. The van der Waals surface area contributed by atoms with Crippen LogP contribution in [0.4, 0.5) is 0 Å². The van der Waals surface area contributed by atoms with E-state index in [2.05, 4.69) is 6.07 Å². The van der Waals surface area contributed by atoms with Crippen LogP contribution in [0.15, 0.2) is 54.6 Å². The zero-order valence-electron chi connectivity index (χ0n) is 12.8. The Bertz CT molecular complexity index is 701. The van der Waals surface area contributed by atoms with E-state index in [-0.39, 0.29) is 11.5 Å². The summed E-state index contributed by atoms with van der Waals surface area (Å²) in [7, 11) is 0. The first-order chi connectivity index (χ1) is 10.5. The minimum Gasteiger partial charge on any atom is -0.478 e. The van der Waals surface area contributed by atoms with Crippen LogP contribution >= 0.6 is 0 Å². The Hall–Kier alpha value is -2.60. The third-order valence-electron chi connectivity index (χ3n) is 4.13. The fraction of sp³-hybridized carbons (Fsp3) is 0.263. The Morgan fingerprint density at radius 2 is 1.86 bits per heavy atom. The van der Waals surface area contributed by atoms with Crippen molar-refractivity contribution in [2.45, 2.75) is 25.7 Å². The van der Waals surface area contributed by atoms with Gasteiger partial charge in [-0.15, -0.1) is 0 Å². The molecule has 0 aliphatic rings. The molecule has 0 radical (unpaired) electrons. The second-order valence-electron chi connectivity index (χ2n) is 5.79. The number of carboxylic acids is 1. The van der Waals surface area contributed by atoms with Crippen molar-refractivity contribution in [3.8, 4) is 6.07 Å². The number of carbonyl (C=O) groups is 1. The molecule has 22 heavy (non-hydrogen) atoms. The fourth-order valence-electron chi connectivity index (χ4n) is 2.74. The molecule has 2 aromatic rings. The molecule has 3 heteroatoms. The predicted molar refractivity (Wildman–Crippen MR) is 85.7 cm³/mol. The molecule has 112 valence electrons. The summed E-state index contributed by atoms with van der Waals surface area (Å²) >= 11 is 0. The first-order valence-electron chi connectivity index (χ1n) is 7.28. The van der Waals surface area contributed by atoms with Crippen molar-refractivity contribution in [1.82, 2.24) is 0 Å². The van der Waals surface area contributed by atoms with E-state index in [1.807, 2.05) is 50.2 Å². The van der Waals surface area contributed by atoms with Gasteiger partial charge >= 0.3 is 5.97 Å². The summed E-state index contributed by atoms with van der Waals surface area (Å²) in [5.41, 5.74) is 1.41. The van der Waals surface area contributed by atoms with Gasteiger partial charge in [0, 0.05) is 0 Å². The van der Waals surface area contributed by atoms with E-state index in [0.717, 1.165) is 11.1 Å². The molecular weight excluding hydrogens is 274 g/mol. The molecule has 0 heterocycles. The molecule has 2 rings (SSSR count). The molecule has 0 aromatic heterocycles. The molecule has 3 nitrogen and oxygen atoms in total. The highest BCUT2D eigenvalue weighted by Crippen LogP contribution is 2.35. The predicted octanol–water partition coefficient (Wildman–Crippen LogP) is 4.04. The molecule has 1 N–H and O–H groups in total. The number of nitriles is 1. The van der Waals surface area contributed by atoms with E-state index in [0.29, 0.717) is 6.42 Å². The summed E-state index contributed by atoms with van der Waals surface area (Å²) in [5.74, 6) is -0.845. The fourth-order valence-corrected chi connectivity index (χ4v) is 2.74. The lowest BCUT2D eigenvalue weighted by Gasteiger charge is -2.31. The van der Waals surface area contributed by atoms with Crippen LogP contribution in [-0.4, -0.2) is 11.1 Å². The average molecular weight is 293 g/mol. The molecule has 0 saturated carbocycles. The van der Waals surface area contributed by atoms with Crippen LogP contribution in [0.25, 0.3) is 0 Å². The maximum Gasteiger partial charge on any atom is 0.335 e. The first-order valence-corrected chi connectivity index (χ1v) is 7.28. The monoisotopic (exact) mass is 293 g/mol. The molecule has 0 aliphatic heterocycles. The van der Waals surface area contributed by atoms with E-state index in [9.17, 15) is 10.1 Å². The zero-order valence-corrected chi connectivity index (χ0v) is 12.8. The van der Waals surface area contributed by atoms with E-state index < -0.39 is 11.4 Å². The molecule has 0 spiro atoms. The third kappa shape index (κ3) is 3.01. The summed E-state index contributed by atoms with van der Waals surface area (Å²) in [5, 5.41) is 19.0. The average Bonchev–Trinajstić information content (AvgIpc) is 2.53. The molecule has 0 bridgehead atoms. The highest BCUT2D eigenvalue weighted by molar-refractivity contribution is 5.87. The van der Waals surface area contributed by atoms with Crippen LogP contribution in [0, 0.1) is 17.2 Å². The number of hydrogen-bond donors (Lipinski definition) is 1. The van der Waals surface area contributed by atoms with Crippen molar-refractivity contribution < 1.29 is 9.90 Å². The Labute approximate surface area is 130 Å². The maximum atomic E-state index is 11.1. The summed E-state index contributed by atoms with van der Waals surface area (Å²) in [4.78, 5) is 11.1. The van der Waals surface area contributed by atoms with Crippen molar-refractivity contribution in [2.24, 2.45) is 5.92 Å². The minimum absolute atomic E-state index is 0.105. The molecule has 2 aromatic carbocycles. The van der Waals surface area contributed by atoms with Gasteiger partial charge in [-0.05, 0) is 35.6 Å². The lowest BCUT2D eigenvalue weighted by Crippen LogP contribution is -2.33. The second kappa shape index (κ2) is 6.44. The minimum atomic E-state index is -0.950. The lowest BCUT2D eigenvalue weighted by atomic mass is 9.69. The highest BCUT2D eigenvalue weighted by Gasteiger charge is 2.36. The number of hydrogen-bond acceptors (Lipinski definition) is 2. The van der Waals surface area contributed by atoms with Gasteiger partial charge in [-0.3, -0.25) is 0 Å². The van der Waals surface area contributed by atoms with Gasteiger partial charge in [-0.1, -0.05) is 56.3 Å². The van der Waals surface area contributed by atoms with Gasteiger partial charge in [0.2, 0.25) is 0 Å². The topological polar surface area (TPSA) is 61.1 Å². The van der Waals surface area contributed by atoms with E-state index >= 15 is 0 Å². The number of nitrogens with zero attached hydrogens (tertiary/aromatic N) is 1. The Morgan fingerprint density at radius 3 is 2.41 bits per heavy atom. The molecule has 1 atom stereocenters.